The molecule has 0 radical (unpaired) electrons. The largest absolute Gasteiger partial charge is 0.396 e. The molecule has 4 heteroatoms. The SMILES string of the molecule is OCC1CCCn2cnnc21. The lowest BCUT2D eigenvalue weighted by molar-refractivity contribution is 0.237. The van der Waals surface area contributed by atoms with Gasteiger partial charge in [-0.3, -0.25) is 0 Å². The van der Waals surface area contributed by atoms with E-state index in [0.717, 1.165) is 25.2 Å². The van der Waals surface area contributed by atoms with Gasteiger partial charge in [0.05, 0.1) is 6.61 Å². The van der Waals surface area contributed by atoms with Crippen molar-refractivity contribution in [2.75, 3.05) is 6.61 Å². The summed E-state index contributed by atoms with van der Waals surface area (Å²) >= 11 is 0. The van der Waals surface area contributed by atoms with Crippen molar-refractivity contribution in [3.8, 4) is 0 Å². The maximum Gasteiger partial charge on any atom is 0.138 e. The number of rotatable bonds is 1. The Kier molecular flexibility index (Phi) is 1.62. The molecule has 0 amide bonds. The van der Waals surface area contributed by atoms with Crippen molar-refractivity contribution in [2.45, 2.75) is 25.3 Å². The number of nitrogens with zero attached hydrogens (tertiary/aromatic N) is 3. The molecular weight excluding hydrogens is 142 g/mol. The number of aromatic nitrogens is 3. The van der Waals surface area contributed by atoms with Crippen molar-refractivity contribution in [3.63, 3.8) is 0 Å². The maximum absolute atomic E-state index is 8.98. The van der Waals surface area contributed by atoms with Gasteiger partial charge in [0.2, 0.25) is 0 Å². The molecular formula is C7H11N3O. The zero-order valence-corrected chi connectivity index (χ0v) is 6.27. The van der Waals surface area contributed by atoms with Gasteiger partial charge in [-0.1, -0.05) is 0 Å². The van der Waals surface area contributed by atoms with E-state index in [1.807, 2.05) is 4.57 Å². The van der Waals surface area contributed by atoms with E-state index in [1.165, 1.54) is 0 Å². The Bertz CT molecular complexity index is 246. The summed E-state index contributed by atoms with van der Waals surface area (Å²) in [6.07, 6.45) is 3.89. The Hall–Kier alpha value is -0.900. The molecule has 0 aromatic carbocycles. The van der Waals surface area contributed by atoms with E-state index in [-0.39, 0.29) is 12.5 Å². The van der Waals surface area contributed by atoms with Crippen molar-refractivity contribution in [3.05, 3.63) is 12.2 Å². The molecule has 1 aliphatic heterocycles. The second-order valence-electron chi connectivity index (χ2n) is 2.90. The first-order chi connectivity index (χ1) is 5.42. The fourth-order valence-corrected chi connectivity index (χ4v) is 1.56. The van der Waals surface area contributed by atoms with E-state index in [0.29, 0.717) is 0 Å². The molecule has 1 aliphatic rings. The van der Waals surface area contributed by atoms with E-state index < -0.39 is 0 Å². The van der Waals surface area contributed by atoms with Gasteiger partial charge in [0.1, 0.15) is 12.2 Å². The first-order valence-electron chi connectivity index (χ1n) is 3.90. The highest BCUT2D eigenvalue weighted by Crippen LogP contribution is 2.23. The van der Waals surface area contributed by atoms with Crippen LogP contribution in [0.5, 0.6) is 0 Å². The number of aliphatic hydroxyl groups excluding tert-OH is 1. The lowest BCUT2D eigenvalue weighted by Crippen LogP contribution is -2.18. The van der Waals surface area contributed by atoms with Gasteiger partial charge in [-0.05, 0) is 12.8 Å². The Morgan fingerprint density at radius 1 is 1.73 bits per heavy atom. The molecule has 4 nitrogen and oxygen atoms in total. The van der Waals surface area contributed by atoms with Crippen LogP contribution in [0.4, 0.5) is 0 Å². The van der Waals surface area contributed by atoms with Gasteiger partial charge in [-0.25, -0.2) is 0 Å². The van der Waals surface area contributed by atoms with Gasteiger partial charge >= 0.3 is 0 Å². The van der Waals surface area contributed by atoms with Crippen LogP contribution in [0.2, 0.25) is 0 Å². The zero-order chi connectivity index (χ0) is 7.68. The Morgan fingerprint density at radius 3 is 3.45 bits per heavy atom. The third-order valence-electron chi connectivity index (χ3n) is 2.18. The molecule has 60 valence electrons. The standard InChI is InChI=1S/C7H11N3O/c11-4-6-2-1-3-10-5-8-9-7(6)10/h5-6,11H,1-4H2. The zero-order valence-electron chi connectivity index (χ0n) is 6.27. The van der Waals surface area contributed by atoms with E-state index in [4.69, 9.17) is 5.11 Å². The molecule has 2 rings (SSSR count). The monoisotopic (exact) mass is 153 g/mol. The predicted molar refractivity (Wildman–Crippen MR) is 39.1 cm³/mol. The van der Waals surface area contributed by atoms with E-state index >= 15 is 0 Å². The van der Waals surface area contributed by atoms with Crippen LogP contribution in [0.25, 0.3) is 0 Å². The van der Waals surface area contributed by atoms with Crippen molar-refractivity contribution < 1.29 is 5.11 Å². The maximum atomic E-state index is 8.98. The van der Waals surface area contributed by atoms with Gasteiger partial charge in [0.15, 0.2) is 0 Å². The molecule has 0 saturated carbocycles. The second kappa shape index (κ2) is 2.62. The Balaban J connectivity index is 2.32. The van der Waals surface area contributed by atoms with Crippen LogP contribution < -0.4 is 0 Å². The van der Waals surface area contributed by atoms with Crippen molar-refractivity contribution in [1.82, 2.24) is 14.8 Å². The molecule has 0 fully saturated rings. The highest BCUT2D eigenvalue weighted by Gasteiger charge is 2.20. The molecule has 0 aliphatic carbocycles. The summed E-state index contributed by atoms with van der Waals surface area (Å²) in [7, 11) is 0. The summed E-state index contributed by atoms with van der Waals surface area (Å²) in [4.78, 5) is 0. The van der Waals surface area contributed by atoms with Crippen molar-refractivity contribution in [1.29, 1.82) is 0 Å². The smallest absolute Gasteiger partial charge is 0.138 e. The first kappa shape index (κ1) is 6.79. The molecule has 11 heavy (non-hydrogen) atoms. The molecule has 1 aromatic rings. The first-order valence-corrected chi connectivity index (χ1v) is 3.90. The van der Waals surface area contributed by atoms with Crippen LogP contribution >= 0.6 is 0 Å². The third-order valence-corrected chi connectivity index (χ3v) is 2.18. The fraction of sp³-hybridized carbons (Fsp3) is 0.714. The molecule has 1 atom stereocenters. The van der Waals surface area contributed by atoms with E-state index in [2.05, 4.69) is 10.2 Å². The third kappa shape index (κ3) is 1.03. The molecule has 2 heterocycles. The van der Waals surface area contributed by atoms with Crippen LogP contribution in [-0.2, 0) is 6.54 Å². The second-order valence-corrected chi connectivity index (χ2v) is 2.90. The van der Waals surface area contributed by atoms with Crippen LogP contribution in [0.1, 0.15) is 24.6 Å². The quantitative estimate of drug-likeness (QED) is 0.624. The van der Waals surface area contributed by atoms with Crippen LogP contribution in [0.15, 0.2) is 6.33 Å². The summed E-state index contributed by atoms with van der Waals surface area (Å²) in [6.45, 7) is 1.19. The van der Waals surface area contributed by atoms with Crippen molar-refractivity contribution >= 4 is 0 Å². The van der Waals surface area contributed by atoms with Crippen molar-refractivity contribution in [2.24, 2.45) is 0 Å². The number of aryl methyl sites for hydroxylation is 1. The lowest BCUT2D eigenvalue weighted by Gasteiger charge is -2.19. The summed E-state index contributed by atoms with van der Waals surface area (Å²) in [5.41, 5.74) is 0. The molecule has 1 N–H and O–H groups in total. The average Bonchev–Trinajstić information content (AvgIpc) is 2.50. The summed E-state index contributed by atoms with van der Waals surface area (Å²) < 4.78 is 2.02. The molecule has 0 spiro atoms. The lowest BCUT2D eigenvalue weighted by atomic mass is 10.0. The van der Waals surface area contributed by atoms with Gasteiger partial charge < -0.3 is 9.67 Å². The van der Waals surface area contributed by atoms with Gasteiger partial charge in [-0.2, -0.15) is 0 Å². The minimum atomic E-state index is 0.193. The predicted octanol–water partition coefficient (Wildman–Crippen LogP) is 0.148. The van der Waals surface area contributed by atoms with Gasteiger partial charge in [0, 0.05) is 12.5 Å². The molecule has 1 aromatic heterocycles. The summed E-state index contributed by atoms with van der Waals surface area (Å²) in [5.74, 6) is 1.16. The topological polar surface area (TPSA) is 50.9 Å². The highest BCUT2D eigenvalue weighted by molar-refractivity contribution is 4.99. The van der Waals surface area contributed by atoms with Crippen LogP contribution in [0.3, 0.4) is 0 Å². The summed E-state index contributed by atoms with van der Waals surface area (Å²) in [5, 5.41) is 16.7. The number of aliphatic hydroxyl groups is 1. The number of hydrogen-bond acceptors (Lipinski definition) is 3. The highest BCUT2D eigenvalue weighted by atomic mass is 16.3. The van der Waals surface area contributed by atoms with Gasteiger partial charge in [0.25, 0.3) is 0 Å². The van der Waals surface area contributed by atoms with Crippen LogP contribution in [-0.4, -0.2) is 26.5 Å². The van der Waals surface area contributed by atoms with Crippen LogP contribution in [0, 0.1) is 0 Å². The summed E-state index contributed by atoms with van der Waals surface area (Å²) in [6, 6.07) is 0. The minimum Gasteiger partial charge on any atom is -0.396 e. The molecule has 1 unspecified atom stereocenters. The van der Waals surface area contributed by atoms with E-state index in [1.54, 1.807) is 6.33 Å². The molecule has 0 saturated heterocycles. The molecule has 0 bridgehead atoms. The van der Waals surface area contributed by atoms with E-state index in [9.17, 15) is 0 Å². The fourth-order valence-electron chi connectivity index (χ4n) is 1.56. The Morgan fingerprint density at radius 2 is 2.64 bits per heavy atom. The number of hydrogen-bond donors (Lipinski definition) is 1. The normalized spacial score (nSPS) is 23.2. The number of fused-ring (bicyclic) bond motifs is 1. The van der Waals surface area contributed by atoms with Gasteiger partial charge in [-0.15, -0.1) is 10.2 Å². The minimum absolute atomic E-state index is 0.193. The Labute approximate surface area is 64.9 Å². The average molecular weight is 153 g/mol.